The van der Waals surface area contributed by atoms with Crippen molar-refractivity contribution in [3.05, 3.63) is 160 Å². The topological polar surface area (TPSA) is 50.0 Å². The molecule has 1 aromatic heterocycles. The normalized spacial score (nSPS) is 21.5. The summed E-state index contributed by atoms with van der Waals surface area (Å²) in [5.74, 6) is 0. The third-order valence-electron chi connectivity index (χ3n) is 7.95. The Labute approximate surface area is 269 Å². The standard InChI is InChI=1S/C38H40NO5S/c1-39-22-23-45-38(39)37-36(43-27-32-20-12-5-13-21-32)35(42-26-31-18-10-4-11-19-31)34(41-25-30-16-8-3-9-17-30)33(44-37)28-40-24-29-14-6-2-7-15-29/h2-23,33-37H,24-28H2,1H3/q+1/t33-,34+,35+,36-,37-/m1/s1. The number of nitrogens with zero attached hydrogens (tertiary/aromatic N) is 1. The smallest absolute Gasteiger partial charge is 0.269 e. The van der Waals surface area contributed by atoms with Crippen molar-refractivity contribution in [3.8, 4) is 0 Å². The van der Waals surface area contributed by atoms with Gasteiger partial charge in [0.25, 0.3) is 5.01 Å². The van der Waals surface area contributed by atoms with Crippen LogP contribution < -0.4 is 4.57 Å². The molecule has 5 atom stereocenters. The molecule has 0 saturated carbocycles. The van der Waals surface area contributed by atoms with Gasteiger partial charge in [-0.05, 0) is 22.3 Å². The maximum Gasteiger partial charge on any atom is 0.269 e. The second-order valence-electron chi connectivity index (χ2n) is 11.2. The Bertz CT molecular complexity index is 1550. The van der Waals surface area contributed by atoms with E-state index in [4.69, 9.17) is 23.7 Å². The molecule has 6 nitrogen and oxygen atoms in total. The number of rotatable bonds is 14. The van der Waals surface area contributed by atoms with Gasteiger partial charge in [0.05, 0.1) is 38.4 Å². The monoisotopic (exact) mass is 622 g/mol. The molecule has 1 aliphatic rings. The second-order valence-corrected chi connectivity index (χ2v) is 12.2. The van der Waals surface area contributed by atoms with E-state index in [0.717, 1.165) is 27.3 Å². The summed E-state index contributed by atoms with van der Waals surface area (Å²) in [6.45, 7) is 2.08. The van der Waals surface area contributed by atoms with Gasteiger partial charge in [-0.2, -0.15) is 4.57 Å². The van der Waals surface area contributed by atoms with Crippen LogP contribution in [0.4, 0.5) is 0 Å². The van der Waals surface area contributed by atoms with E-state index >= 15 is 0 Å². The third kappa shape index (κ3) is 8.52. The van der Waals surface area contributed by atoms with Crippen molar-refractivity contribution in [1.29, 1.82) is 0 Å². The average molecular weight is 623 g/mol. The number of benzene rings is 4. The van der Waals surface area contributed by atoms with Crippen LogP contribution in [0.1, 0.15) is 33.4 Å². The SMILES string of the molecule is C[n+]1ccsc1[C@@H]1O[C@H](COCc2ccccc2)[C@H](OCc2ccccc2)[C@H](OCc2ccccc2)[C@H]1OCc1ccccc1. The van der Waals surface area contributed by atoms with E-state index in [1.54, 1.807) is 11.3 Å². The van der Waals surface area contributed by atoms with Crippen LogP contribution in [0, 0.1) is 0 Å². The summed E-state index contributed by atoms with van der Waals surface area (Å²) in [5.41, 5.74) is 4.36. The number of aryl methyl sites for hydroxylation is 1. The predicted octanol–water partition coefficient (Wildman–Crippen LogP) is 6.99. The van der Waals surface area contributed by atoms with Crippen molar-refractivity contribution < 1.29 is 28.3 Å². The summed E-state index contributed by atoms with van der Waals surface area (Å²) in [6, 6.07) is 40.9. The van der Waals surface area contributed by atoms with Crippen molar-refractivity contribution in [3.63, 3.8) is 0 Å². The summed E-state index contributed by atoms with van der Waals surface area (Å²) >= 11 is 1.65. The highest BCUT2D eigenvalue weighted by molar-refractivity contribution is 7.09. The first-order valence-corrected chi connectivity index (χ1v) is 16.3. The van der Waals surface area contributed by atoms with E-state index < -0.39 is 24.4 Å². The quantitative estimate of drug-likeness (QED) is 0.125. The third-order valence-corrected chi connectivity index (χ3v) is 8.97. The molecule has 1 saturated heterocycles. The zero-order valence-electron chi connectivity index (χ0n) is 25.5. The van der Waals surface area contributed by atoms with Crippen molar-refractivity contribution in [2.75, 3.05) is 6.61 Å². The van der Waals surface area contributed by atoms with Gasteiger partial charge in [-0.3, -0.25) is 0 Å². The van der Waals surface area contributed by atoms with Crippen LogP contribution in [0.15, 0.2) is 133 Å². The Kier molecular flexibility index (Phi) is 11.2. The molecule has 7 heteroatoms. The van der Waals surface area contributed by atoms with Crippen LogP contribution in [0.2, 0.25) is 0 Å². The van der Waals surface area contributed by atoms with Crippen LogP contribution >= 0.6 is 11.3 Å². The number of ether oxygens (including phenoxy) is 5. The average Bonchev–Trinajstić information content (AvgIpc) is 3.53. The second kappa shape index (κ2) is 16.0. The molecule has 6 rings (SSSR count). The molecule has 0 radical (unpaired) electrons. The highest BCUT2D eigenvalue weighted by atomic mass is 32.1. The minimum atomic E-state index is -0.452. The maximum atomic E-state index is 6.97. The van der Waals surface area contributed by atoms with Crippen molar-refractivity contribution in [2.24, 2.45) is 7.05 Å². The van der Waals surface area contributed by atoms with Gasteiger partial charge in [-0.15, -0.1) is 0 Å². The minimum absolute atomic E-state index is 0.344. The lowest BCUT2D eigenvalue weighted by atomic mass is 9.94. The number of hydrogen-bond acceptors (Lipinski definition) is 6. The van der Waals surface area contributed by atoms with Gasteiger partial charge >= 0.3 is 0 Å². The molecule has 0 N–H and O–H groups in total. The summed E-state index contributed by atoms with van der Waals surface area (Å²) < 4.78 is 35.8. The molecule has 5 aromatic rings. The first-order chi connectivity index (χ1) is 22.2. The maximum absolute atomic E-state index is 6.97. The van der Waals surface area contributed by atoms with E-state index in [1.165, 1.54) is 0 Å². The molecular weight excluding hydrogens is 582 g/mol. The highest BCUT2D eigenvalue weighted by Gasteiger charge is 2.51. The van der Waals surface area contributed by atoms with E-state index in [-0.39, 0.29) is 6.10 Å². The summed E-state index contributed by atoms with van der Waals surface area (Å²) in [7, 11) is 2.04. The highest BCUT2D eigenvalue weighted by Crippen LogP contribution is 2.38. The number of hydrogen-bond donors (Lipinski definition) is 0. The van der Waals surface area contributed by atoms with Crippen LogP contribution in [0.5, 0.6) is 0 Å². The zero-order chi connectivity index (χ0) is 30.7. The Morgan fingerprint density at radius 2 is 1.02 bits per heavy atom. The Hall–Kier alpha value is -3.69. The van der Waals surface area contributed by atoms with Crippen molar-refractivity contribution in [2.45, 2.75) is 56.9 Å². The first kappa shape index (κ1) is 31.3. The number of aromatic nitrogens is 1. The van der Waals surface area contributed by atoms with Crippen molar-refractivity contribution in [1.82, 2.24) is 0 Å². The van der Waals surface area contributed by atoms with Gasteiger partial charge in [-0.1, -0.05) is 133 Å². The lowest BCUT2D eigenvalue weighted by Crippen LogP contribution is -2.59. The fraction of sp³-hybridized carbons (Fsp3) is 0.289. The molecule has 0 amide bonds. The molecule has 1 aliphatic heterocycles. The Morgan fingerprint density at radius 3 is 1.49 bits per heavy atom. The molecular formula is C38H40NO5S+. The van der Waals surface area contributed by atoms with E-state index in [9.17, 15) is 0 Å². The molecule has 0 bridgehead atoms. The molecule has 0 unspecified atom stereocenters. The van der Waals surface area contributed by atoms with E-state index in [2.05, 4.69) is 64.7 Å². The first-order valence-electron chi connectivity index (χ1n) is 15.4. The largest absolute Gasteiger partial charge is 0.374 e. The number of thiazole rings is 1. The molecule has 2 heterocycles. The van der Waals surface area contributed by atoms with E-state index in [0.29, 0.717) is 33.0 Å². The fourth-order valence-electron chi connectivity index (χ4n) is 5.60. The fourth-order valence-corrected chi connectivity index (χ4v) is 6.54. The van der Waals surface area contributed by atoms with Gasteiger partial charge in [0.2, 0.25) is 0 Å². The van der Waals surface area contributed by atoms with Crippen LogP contribution in [-0.2, 0) is 57.2 Å². The molecule has 4 aromatic carbocycles. The minimum Gasteiger partial charge on any atom is -0.374 e. The van der Waals surface area contributed by atoms with Gasteiger partial charge in [0.1, 0.15) is 31.5 Å². The predicted molar refractivity (Wildman–Crippen MR) is 174 cm³/mol. The van der Waals surface area contributed by atoms with Gasteiger partial charge in [-0.25, -0.2) is 0 Å². The van der Waals surface area contributed by atoms with Crippen molar-refractivity contribution >= 4 is 11.3 Å². The summed E-state index contributed by atoms with van der Waals surface area (Å²) in [6.07, 6.45) is -0.0694. The molecule has 45 heavy (non-hydrogen) atoms. The Balaban J connectivity index is 1.33. The molecule has 0 spiro atoms. The van der Waals surface area contributed by atoms with Gasteiger partial charge in [0.15, 0.2) is 12.3 Å². The molecule has 232 valence electrons. The van der Waals surface area contributed by atoms with Gasteiger partial charge < -0.3 is 23.7 Å². The van der Waals surface area contributed by atoms with Crippen LogP contribution in [0.25, 0.3) is 0 Å². The lowest BCUT2D eigenvalue weighted by Gasteiger charge is -2.45. The molecule has 1 fully saturated rings. The zero-order valence-corrected chi connectivity index (χ0v) is 26.3. The van der Waals surface area contributed by atoms with Gasteiger partial charge in [0, 0.05) is 0 Å². The summed E-state index contributed by atoms with van der Waals surface area (Å²) in [5, 5.41) is 3.13. The van der Waals surface area contributed by atoms with E-state index in [1.807, 2.05) is 79.8 Å². The summed E-state index contributed by atoms with van der Waals surface area (Å²) in [4.78, 5) is 0. The Morgan fingerprint density at radius 1 is 0.578 bits per heavy atom. The van der Waals surface area contributed by atoms with Crippen LogP contribution in [-0.4, -0.2) is 31.0 Å². The van der Waals surface area contributed by atoms with Crippen LogP contribution in [0.3, 0.4) is 0 Å². The molecule has 0 aliphatic carbocycles. The lowest BCUT2D eigenvalue weighted by molar-refractivity contribution is -0.679.